The Morgan fingerprint density at radius 2 is 1.73 bits per heavy atom. The van der Waals surface area contributed by atoms with E-state index >= 15 is 0 Å². The molecule has 2 heterocycles. The molecule has 1 aromatic carbocycles. The summed E-state index contributed by atoms with van der Waals surface area (Å²) in [6.45, 7) is 4.47. The molecule has 138 valence electrons. The third kappa shape index (κ3) is 3.45. The predicted molar refractivity (Wildman–Crippen MR) is 97.1 cm³/mol. The van der Waals surface area contributed by atoms with Crippen LogP contribution >= 0.6 is 0 Å². The van der Waals surface area contributed by atoms with Gasteiger partial charge >= 0.3 is 5.97 Å². The lowest BCUT2D eigenvalue weighted by molar-refractivity contribution is -0.162. The predicted octanol–water partition coefficient (Wildman–Crippen LogP) is 2.88. The van der Waals surface area contributed by atoms with Crippen LogP contribution in [0.2, 0.25) is 0 Å². The average molecular weight is 356 g/mol. The number of aromatic nitrogens is 1. The smallest absolute Gasteiger partial charge is 0.348 e. The summed E-state index contributed by atoms with van der Waals surface area (Å²) in [6, 6.07) is 10.8. The van der Waals surface area contributed by atoms with E-state index in [9.17, 15) is 14.7 Å². The van der Waals surface area contributed by atoms with Gasteiger partial charge in [-0.05, 0) is 37.6 Å². The van der Waals surface area contributed by atoms with E-state index in [2.05, 4.69) is 0 Å². The fraction of sp³-hybridized carbons (Fsp3) is 0.400. The van der Waals surface area contributed by atoms with Gasteiger partial charge in [-0.3, -0.25) is 4.79 Å². The van der Waals surface area contributed by atoms with E-state index in [1.54, 1.807) is 11.0 Å². The summed E-state index contributed by atoms with van der Waals surface area (Å²) < 4.78 is 7.81. The quantitative estimate of drug-likeness (QED) is 0.894. The second-order valence-electron chi connectivity index (χ2n) is 6.80. The van der Waals surface area contributed by atoms with Gasteiger partial charge in [0.1, 0.15) is 11.8 Å². The first-order valence-electron chi connectivity index (χ1n) is 8.82. The molecule has 1 atom stereocenters. The number of nitrogens with zero attached hydrogens (tertiary/aromatic N) is 2. The number of likely N-dealkylation sites (tertiary alicyclic amines) is 1. The van der Waals surface area contributed by atoms with Crippen LogP contribution in [0.4, 0.5) is 0 Å². The van der Waals surface area contributed by atoms with Gasteiger partial charge in [0, 0.05) is 38.3 Å². The van der Waals surface area contributed by atoms with Crippen LogP contribution in [0.1, 0.15) is 31.4 Å². The van der Waals surface area contributed by atoms with E-state index in [-0.39, 0.29) is 24.8 Å². The number of rotatable bonds is 5. The van der Waals surface area contributed by atoms with Crippen molar-refractivity contribution in [1.82, 2.24) is 9.47 Å². The maximum absolute atomic E-state index is 12.7. The first-order valence-corrected chi connectivity index (χ1v) is 8.82. The minimum Gasteiger partial charge on any atom is -0.478 e. The number of carbonyl (C=O) groups is 2. The molecule has 1 aromatic heterocycles. The molecule has 1 amide bonds. The van der Waals surface area contributed by atoms with Gasteiger partial charge in [-0.1, -0.05) is 18.2 Å². The highest BCUT2D eigenvalue weighted by molar-refractivity contribution is 5.82. The van der Waals surface area contributed by atoms with Gasteiger partial charge in [0.2, 0.25) is 11.5 Å². The normalized spacial score (nSPS) is 17.5. The van der Waals surface area contributed by atoms with Crippen molar-refractivity contribution in [3.05, 3.63) is 54.4 Å². The van der Waals surface area contributed by atoms with Crippen LogP contribution < -0.4 is 4.74 Å². The van der Waals surface area contributed by atoms with Crippen LogP contribution in [0.5, 0.6) is 5.75 Å². The molecule has 0 bridgehead atoms. The molecule has 0 radical (unpaired) electrons. The number of carboxylic acid groups (broad SMARTS) is 1. The van der Waals surface area contributed by atoms with Crippen LogP contribution in [0.3, 0.4) is 0 Å². The molecular formula is C20H24N2O4. The van der Waals surface area contributed by atoms with E-state index in [0.29, 0.717) is 18.8 Å². The summed E-state index contributed by atoms with van der Waals surface area (Å²) in [5.74, 6) is -0.405. The lowest BCUT2D eigenvalue weighted by Gasteiger charge is -2.40. The number of aryl methyl sites for hydroxylation is 1. The van der Waals surface area contributed by atoms with Crippen LogP contribution in [-0.2, 0) is 9.59 Å². The molecular weight excluding hydrogens is 332 g/mol. The van der Waals surface area contributed by atoms with Crippen molar-refractivity contribution in [3.63, 3.8) is 0 Å². The van der Waals surface area contributed by atoms with Gasteiger partial charge in [-0.2, -0.15) is 0 Å². The molecule has 0 saturated carbocycles. The van der Waals surface area contributed by atoms with E-state index < -0.39 is 11.6 Å². The zero-order valence-corrected chi connectivity index (χ0v) is 15.1. The van der Waals surface area contributed by atoms with Crippen molar-refractivity contribution in [2.45, 2.75) is 38.3 Å². The van der Waals surface area contributed by atoms with E-state index in [0.717, 1.165) is 5.56 Å². The molecule has 1 N–H and O–H groups in total. The number of aliphatic carboxylic acids is 1. The standard InChI is InChI=1S/C20H24N2O4/c1-15-7-3-4-8-17(15)26-20(19(24)25)9-13-22(14-10-20)18(23)16(2)21-11-5-6-12-21/h3-8,11-12,16H,9-10,13-14H2,1-2H3,(H,24,25)/t16-/m0/s1. The van der Waals surface area contributed by atoms with Crippen LogP contribution in [0.15, 0.2) is 48.8 Å². The zero-order chi connectivity index (χ0) is 18.7. The lowest BCUT2D eigenvalue weighted by atomic mass is 9.90. The Morgan fingerprint density at radius 3 is 2.31 bits per heavy atom. The largest absolute Gasteiger partial charge is 0.478 e. The molecule has 0 unspecified atom stereocenters. The van der Waals surface area contributed by atoms with Gasteiger partial charge in [0.15, 0.2) is 0 Å². The summed E-state index contributed by atoms with van der Waals surface area (Å²) in [6.07, 6.45) is 4.24. The molecule has 1 fully saturated rings. The van der Waals surface area contributed by atoms with Crippen molar-refractivity contribution in [1.29, 1.82) is 0 Å². The maximum Gasteiger partial charge on any atom is 0.348 e. The number of benzene rings is 1. The highest BCUT2D eigenvalue weighted by Gasteiger charge is 2.45. The summed E-state index contributed by atoms with van der Waals surface area (Å²) in [5.41, 5.74) is -0.396. The number of amides is 1. The topological polar surface area (TPSA) is 71.8 Å². The van der Waals surface area contributed by atoms with E-state index in [1.165, 1.54) is 0 Å². The molecule has 3 rings (SSSR count). The van der Waals surface area contributed by atoms with Gasteiger partial charge < -0.3 is 19.3 Å². The molecule has 1 aliphatic rings. The summed E-state index contributed by atoms with van der Waals surface area (Å²) in [4.78, 5) is 26.4. The third-order valence-corrected chi connectivity index (χ3v) is 5.10. The van der Waals surface area contributed by atoms with E-state index in [1.807, 2.05) is 61.1 Å². The Kier molecular flexibility index (Phi) is 5.02. The lowest BCUT2D eigenvalue weighted by Crippen LogP contribution is -2.55. The number of piperidine rings is 1. The molecule has 6 nitrogen and oxygen atoms in total. The van der Waals surface area contributed by atoms with Crippen LogP contribution in [0, 0.1) is 6.92 Å². The average Bonchev–Trinajstić information content (AvgIpc) is 3.17. The Hall–Kier alpha value is -2.76. The van der Waals surface area contributed by atoms with Crippen LogP contribution in [-0.4, -0.2) is 45.1 Å². The summed E-state index contributed by atoms with van der Waals surface area (Å²) >= 11 is 0. The van der Waals surface area contributed by atoms with Crippen LogP contribution in [0.25, 0.3) is 0 Å². The molecule has 1 saturated heterocycles. The first kappa shape index (κ1) is 18.0. The van der Waals surface area contributed by atoms with Gasteiger partial charge in [0.05, 0.1) is 0 Å². The number of ether oxygens (including phenoxy) is 1. The Labute approximate surface area is 153 Å². The highest BCUT2D eigenvalue weighted by atomic mass is 16.5. The number of para-hydroxylation sites is 1. The molecule has 6 heteroatoms. The van der Waals surface area contributed by atoms with Crippen molar-refractivity contribution in [2.75, 3.05) is 13.1 Å². The number of carbonyl (C=O) groups excluding carboxylic acids is 1. The molecule has 1 aliphatic heterocycles. The molecule has 26 heavy (non-hydrogen) atoms. The summed E-state index contributed by atoms with van der Waals surface area (Å²) in [5, 5.41) is 9.79. The Morgan fingerprint density at radius 1 is 1.12 bits per heavy atom. The van der Waals surface area contributed by atoms with Crippen molar-refractivity contribution in [3.8, 4) is 5.75 Å². The fourth-order valence-corrected chi connectivity index (χ4v) is 3.33. The zero-order valence-electron chi connectivity index (χ0n) is 15.1. The monoisotopic (exact) mass is 356 g/mol. The third-order valence-electron chi connectivity index (χ3n) is 5.10. The molecule has 0 aliphatic carbocycles. The fourth-order valence-electron chi connectivity index (χ4n) is 3.33. The van der Waals surface area contributed by atoms with Crippen molar-refractivity contribution in [2.24, 2.45) is 0 Å². The maximum atomic E-state index is 12.7. The van der Waals surface area contributed by atoms with Crippen molar-refractivity contribution >= 4 is 11.9 Å². The SMILES string of the molecule is Cc1ccccc1OC1(C(=O)O)CCN(C(=O)[C@H](C)n2cccc2)CC1. The minimum atomic E-state index is -1.29. The Balaban J connectivity index is 1.70. The van der Waals surface area contributed by atoms with Gasteiger partial charge in [0.25, 0.3) is 0 Å². The second-order valence-corrected chi connectivity index (χ2v) is 6.80. The number of hydrogen-bond donors (Lipinski definition) is 1. The number of hydrogen-bond acceptors (Lipinski definition) is 3. The Bertz CT molecular complexity index is 777. The van der Waals surface area contributed by atoms with Crippen molar-refractivity contribution < 1.29 is 19.4 Å². The minimum absolute atomic E-state index is 0.00363. The second kappa shape index (κ2) is 7.23. The van der Waals surface area contributed by atoms with Gasteiger partial charge in [-0.15, -0.1) is 0 Å². The van der Waals surface area contributed by atoms with E-state index in [4.69, 9.17) is 4.74 Å². The molecule has 2 aromatic rings. The van der Waals surface area contributed by atoms with Gasteiger partial charge in [-0.25, -0.2) is 4.79 Å². The number of carboxylic acids is 1. The molecule has 0 spiro atoms. The first-order chi connectivity index (χ1) is 12.4. The summed E-state index contributed by atoms with van der Waals surface area (Å²) in [7, 11) is 0. The highest BCUT2D eigenvalue weighted by Crippen LogP contribution is 2.31.